The quantitative estimate of drug-likeness (QED) is 0.692. The van der Waals surface area contributed by atoms with Gasteiger partial charge in [0, 0.05) is 19.3 Å². The second-order valence-corrected chi connectivity index (χ2v) is 5.26. The van der Waals surface area contributed by atoms with Crippen LogP contribution in [0.2, 0.25) is 0 Å². The van der Waals surface area contributed by atoms with Gasteiger partial charge in [-0.1, -0.05) is 6.92 Å². The molecule has 0 saturated carbocycles. The van der Waals surface area contributed by atoms with E-state index in [1.807, 2.05) is 11.6 Å². The van der Waals surface area contributed by atoms with E-state index in [-0.39, 0.29) is 10.7 Å². The van der Waals surface area contributed by atoms with Gasteiger partial charge in [-0.25, -0.2) is 17.9 Å². The lowest BCUT2D eigenvalue weighted by molar-refractivity contribution is 0.246. The minimum absolute atomic E-state index is 0.125. The molecule has 9 heteroatoms. The highest BCUT2D eigenvalue weighted by molar-refractivity contribution is 7.90. The van der Waals surface area contributed by atoms with E-state index in [0.717, 1.165) is 6.42 Å². The topological polar surface area (TPSA) is 119 Å². The first-order valence-electron chi connectivity index (χ1n) is 5.54. The fourth-order valence-corrected chi connectivity index (χ4v) is 2.35. The fraction of sp³-hybridized carbons (Fsp3) is 0.556. The van der Waals surface area contributed by atoms with E-state index in [0.29, 0.717) is 13.1 Å². The number of hydrogen-bond acceptors (Lipinski definition) is 5. The lowest BCUT2D eigenvalue weighted by Crippen LogP contribution is -2.39. The smallest absolute Gasteiger partial charge is 0.328 e. The maximum atomic E-state index is 11.9. The van der Waals surface area contributed by atoms with Gasteiger partial charge in [0.1, 0.15) is 4.90 Å². The molecule has 8 nitrogen and oxygen atoms in total. The summed E-state index contributed by atoms with van der Waals surface area (Å²) in [5.41, 5.74) is 5.52. The van der Waals surface area contributed by atoms with E-state index in [2.05, 4.69) is 10.4 Å². The number of carbonyl (C=O) groups excluding carboxylic acids is 1. The second-order valence-electron chi connectivity index (χ2n) is 3.61. The van der Waals surface area contributed by atoms with Crippen molar-refractivity contribution in [1.29, 1.82) is 0 Å². The highest BCUT2D eigenvalue weighted by Gasteiger charge is 2.23. The molecule has 4 N–H and O–H groups in total. The molecule has 2 amide bonds. The number of urea groups is 1. The van der Waals surface area contributed by atoms with Crippen LogP contribution < -0.4 is 15.8 Å². The molecule has 0 aliphatic heterocycles. The summed E-state index contributed by atoms with van der Waals surface area (Å²) in [5.74, 6) is -0.125. The van der Waals surface area contributed by atoms with Crippen molar-refractivity contribution in [2.75, 3.05) is 12.3 Å². The number of rotatable bonds is 5. The van der Waals surface area contributed by atoms with Crippen molar-refractivity contribution in [3.63, 3.8) is 0 Å². The SMILES string of the molecule is CCCn1cc(S(=O)(=O)NC(=O)NCC)c(N)n1. The number of nitrogen functional groups attached to an aromatic ring is 1. The molecule has 0 unspecified atom stereocenters. The normalized spacial score (nSPS) is 11.2. The lowest BCUT2D eigenvalue weighted by Gasteiger charge is -2.05. The van der Waals surface area contributed by atoms with Gasteiger partial charge in [0.25, 0.3) is 10.0 Å². The Morgan fingerprint density at radius 1 is 1.50 bits per heavy atom. The molecule has 0 bridgehead atoms. The minimum Gasteiger partial charge on any atom is -0.381 e. The summed E-state index contributed by atoms with van der Waals surface area (Å²) in [7, 11) is -3.98. The summed E-state index contributed by atoms with van der Waals surface area (Å²) in [6, 6.07) is -0.792. The Morgan fingerprint density at radius 2 is 2.17 bits per heavy atom. The predicted octanol–water partition coefficient (Wildman–Crippen LogP) is -0.117. The third-order valence-corrected chi connectivity index (χ3v) is 3.41. The van der Waals surface area contributed by atoms with Crippen molar-refractivity contribution in [1.82, 2.24) is 19.8 Å². The Kier molecular flexibility index (Phi) is 4.54. The lowest BCUT2D eigenvalue weighted by atomic mass is 10.5. The van der Waals surface area contributed by atoms with Crippen LogP contribution in [0.25, 0.3) is 0 Å². The van der Waals surface area contributed by atoms with Crippen molar-refractivity contribution in [3.05, 3.63) is 6.20 Å². The first kappa shape index (κ1) is 14.3. The van der Waals surface area contributed by atoms with E-state index in [4.69, 9.17) is 5.73 Å². The molecule has 102 valence electrons. The van der Waals surface area contributed by atoms with Crippen molar-refractivity contribution in [3.8, 4) is 0 Å². The van der Waals surface area contributed by atoms with E-state index in [9.17, 15) is 13.2 Å². The highest BCUT2D eigenvalue weighted by Crippen LogP contribution is 2.15. The maximum Gasteiger partial charge on any atom is 0.328 e. The zero-order valence-corrected chi connectivity index (χ0v) is 11.1. The van der Waals surface area contributed by atoms with E-state index in [1.54, 1.807) is 6.92 Å². The van der Waals surface area contributed by atoms with Crippen LogP contribution in [0.1, 0.15) is 20.3 Å². The molecule has 0 radical (unpaired) electrons. The Balaban J connectivity index is 2.94. The molecule has 0 aliphatic rings. The Labute approximate surface area is 106 Å². The summed E-state index contributed by atoms with van der Waals surface area (Å²) in [6.45, 7) is 4.49. The average Bonchev–Trinajstić information content (AvgIpc) is 2.60. The van der Waals surface area contributed by atoms with Gasteiger partial charge in [0.15, 0.2) is 5.82 Å². The summed E-state index contributed by atoms with van der Waals surface area (Å²) >= 11 is 0. The summed E-state index contributed by atoms with van der Waals surface area (Å²) in [6.07, 6.45) is 2.10. The van der Waals surface area contributed by atoms with Crippen molar-refractivity contribution >= 4 is 21.9 Å². The Hall–Kier alpha value is -1.77. The molecular weight excluding hydrogens is 258 g/mol. The third-order valence-electron chi connectivity index (χ3n) is 2.06. The fourth-order valence-electron chi connectivity index (χ4n) is 1.34. The number of anilines is 1. The first-order chi connectivity index (χ1) is 8.40. The molecule has 0 aliphatic carbocycles. The summed E-state index contributed by atoms with van der Waals surface area (Å²) < 4.78 is 27.0. The van der Waals surface area contributed by atoms with Gasteiger partial charge in [0.05, 0.1) is 0 Å². The minimum atomic E-state index is -3.98. The molecule has 0 aromatic carbocycles. The standard InChI is InChI=1S/C9H17N5O3S/c1-3-5-14-6-7(8(10)12-14)18(16,17)13-9(15)11-4-2/h6H,3-5H2,1-2H3,(H2,10,12)(H2,11,13,15). The van der Waals surface area contributed by atoms with Gasteiger partial charge in [-0.05, 0) is 13.3 Å². The van der Waals surface area contributed by atoms with Gasteiger partial charge < -0.3 is 11.1 Å². The van der Waals surface area contributed by atoms with Crippen LogP contribution in [0.3, 0.4) is 0 Å². The Bertz CT molecular complexity index is 522. The molecule has 0 saturated heterocycles. The van der Waals surface area contributed by atoms with Crippen LogP contribution in [-0.2, 0) is 16.6 Å². The summed E-state index contributed by atoms with van der Waals surface area (Å²) in [4.78, 5) is 11.0. The van der Waals surface area contributed by atoms with Crippen LogP contribution in [0, 0.1) is 0 Å². The van der Waals surface area contributed by atoms with Crippen molar-refractivity contribution < 1.29 is 13.2 Å². The van der Waals surface area contributed by atoms with Crippen LogP contribution in [0.4, 0.5) is 10.6 Å². The number of sulfonamides is 1. The monoisotopic (exact) mass is 275 g/mol. The van der Waals surface area contributed by atoms with Crippen LogP contribution in [-0.4, -0.2) is 30.8 Å². The van der Waals surface area contributed by atoms with Gasteiger partial charge in [0.2, 0.25) is 0 Å². The van der Waals surface area contributed by atoms with E-state index in [1.165, 1.54) is 10.9 Å². The number of carbonyl (C=O) groups is 1. The molecule has 0 fully saturated rings. The third kappa shape index (κ3) is 3.36. The van der Waals surface area contributed by atoms with Gasteiger partial charge in [-0.15, -0.1) is 0 Å². The maximum absolute atomic E-state index is 11.9. The summed E-state index contributed by atoms with van der Waals surface area (Å²) in [5, 5.41) is 6.19. The molecule has 1 rings (SSSR count). The average molecular weight is 275 g/mol. The van der Waals surface area contributed by atoms with Crippen LogP contribution in [0.5, 0.6) is 0 Å². The number of nitrogens with two attached hydrogens (primary N) is 1. The molecule has 1 heterocycles. The number of hydrogen-bond donors (Lipinski definition) is 3. The second kappa shape index (κ2) is 5.71. The number of nitrogens with one attached hydrogen (secondary N) is 2. The van der Waals surface area contributed by atoms with Crippen molar-refractivity contribution in [2.45, 2.75) is 31.7 Å². The van der Waals surface area contributed by atoms with Gasteiger partial charge >= 0.3 is 6.03 Å². The largest absolute Gasteiger partial charge is 0.381 e. The number of aromatic nitrogens is 2. The van der Waals surface area contributed by atoms with Crippen molar-refractivity contribution in [2.24, 2.45) is 0 Å². The first-order valence-corrected chi connectivity index (χ1v) is 7.02. The Morgan fingerprint density at radius 3 is 2.72 bits per heavy atom. The van der Waals surface area contributed by atoms with Gasteiger partial charge in [-0.2, -0.15) is 5.10 Å². The van der Waals surface area contributed by atoms with E-state index >= 15 is 0 Å². The zero-order chi connectivity index (χ0) is 13.8. The number of aryl methyl sites for hydroxylation is 1. The predicted molar refractivity (Wildman–Crippen MR) is 66.3 cm³/mol. The number of amides is 2. The zero-order valence-electron chi connectivity index (χ0n) is 10.3. The van der Waals surface area contributed by atoms with Gasteiger partial charge in [-0.3, -0.25) is 4.68 Å². The molecule has 18 heavy (non-hydrogen) atoms. The molecular formula is C9H17N5O3S. The highest BCUT2D eigenvalue weighted by atomic mass is 32.2. The number of nitrogens with zero attached hydrogens (tertiary/aromatic N) is 2. The molecule has 0 atom stereocenters. The molecule has 0 spiro atoms. The molecule has 1 aromatic heterocycles. The molecule has 1 aromatic rings. The van der Waals surface area contributed by atoms with E-state index < -0.39 is 16.1 Å². The van der Waals surface area contributed by atoms with Crippen LogP contribution in [0.15, 0.2) is 11.1 Å². The van der Waals surface area contributed by atoms with Crippen LogP contribution >= 0.6 is 0 Å².